The molecule has 2 aromatic rings. The minimum Gasteiger partial charge on any atom is -0.382 e. The quantitative estimate of drug-likeness (QED) is 0.615. The first kappa shape index (κ1) is 11.0. The van der Waals surface area contributed by atoms with Crippen LogP contribution >= 0.6 is 11.8 Å². The molecule has 2 rings (SSSR count). The van der Waals surface area contributed by atoms with E-state index >= 15 is 0 Å². The fourth-order valence-corrected chi connectivity index (χ4v) is 2.12. The summed E-state index contributed by atoms with van der Waals surface area (Å²) in [5.74, 6) is 1.56. The Balaban J connectivity index is 1.71. The largest absolute Gasteiger partial charge is 0.382 e. The molecule has 0 aliphatic carbocycles. The predicted molar refractivity (Wildman–Crippen MR) is 63.0 cm³/mol. The van der Waals surface area contributed by atoms with Gasteiger partial charge in [-0.15, -0.1) is 0 Å². The smallest absolute Gasteiger partial charge is 0.185 e. The molecule has 86 valence electrons. The van der Waals surface area contributed by atoms with Gasteiger partial charge in [0.25, 0.3) is 0 Å². The van der Waals surface area contributed by atoms with Crippen molar-refractivity contribution in [3.05, 3.63) is 18.6 Å². The Labute approximate surface area is 97.8 Å². The minimum atomic E-state index is 0.570. The second-order valence-corrected chi connectivity index (χ2v) is 4.43. The molecule has 0 atom stereocenters. The zero-order valence-electron chi connectivity index (χ0n) is 9.08. The van der Waals surface area contributed by atoms with E-state index in [4.69, 9.17) is 5.73 Å². The Morgan fingerprint density at radius 1 is 1.50 bits per heavy atom. The van der Waals surface area contributed by atoms with Gasteiger partial charge in [-0.25, -0.2) is 9.67 Å². The Bertz CT molecular complexity index is 448. The molecule has 0 spiro atoms. The molecule has 0 unspecified atom stereocenters. The van der Waals surface area contributed by atoms with E-state index in [1.54, 1.807) is 28.8 Å². The van der Waals surface area contributed by atoms with E-state index in [0.29, 0.717) is 5.82 Å². The molecule has 0 bridgehead atoms. The molecule has 0 aliphatic rings. The van der Waals surface area contributed by atoms with Crippen molar-refractivity contribution >= 4 is 17.6 Å². The third-order valence-corrected chi connectivity index (χ3v) is 3.21. The molecule has 16 heavy (non-hydrogen) atoms. The summed E-state index contributed by atoms with van der Waals surface area (Å²) in [4.78, 5) is 4.14. The highest BCUT2D eigenvalue weighted by Crippen LogP contribution is 2.14. The van der Waals surface area contributed by atoms with Crippen LogP contribution in [-0.2, 0) is 13.6 Å². The van der Waals surface area contributed by atoms with Crippen LogP contribution in [0.1, 0.15) is 6.42 Å². The number of thioether (sulfide) groups is 1. The summed E-state index contributed by atoms with van der Waals surface area (Å²) >= 11 is 1.70. The van der Waals surface area contributed by atoms with Crippen LogP contribution in [0.25, 0.3) is 0 Å². The fraction of sp³-hybridized carbons (Fsp3) is 0.444. The van der Waals surface area contributed by atoms with E-state index in [-0.39, 0.29) is 0 Å². The number of nitrogen functional groups attached to an aromatic ring is 1. The van der Waals surface area contributed by atoms with E-state index in [9.17, 15) is 0 Å². The van der Waals surface area contributed by atoms with Crippen molar-refractivity contribution < 1.29 is 0 Å². The van der Waals surface area contributed by atoms with Gasteiger partial charge in [0, 0.05) is 25.5 Å². The number of aromatic nitrogens is 5. The van der Waals surface area contributed by atoms with Crippen molar-refractivity contribution in [3.63, 3.8) is 0 Å². The first-order valence-corrected chi connectivity index (χ1v) is 6.00. The molecular formula is C9H14N6S. The van der Waals surface area contributed by atoms with Gasteiger partial charge in [0.05, 0.1) is 0 Å². The zero-order valence-corrected chi connectivity index (χ0v) is 9.89. The lowest BCUT2D eigenvalue weighted by molar-refractivity contribution is 0.607. The zero-order chi connectivity index (χ0) is 11.4. The van der Waals surface area contributed by atoms with Gasteiger partial charge in [-0.05, 0) is 12.5 Å². The Morgan fingerprint density at radius 3 is 3.00 bits per heavy atom. The number of aryl methyl sites for hydroxylation is 2. The van der Waals surface area contributed by atoms with Gasteiger partial charge in [0.15, 0.2) is 5.16 Å². The van der Waals surface area contributed by atoms with Crippen molar-refractivity contribution in [2.24, 2.45) is 7.05 Å². The van der Waals surface area contributed by atoms with Crippen LogP contribution in [0.2, 0.25) is 0 Å². The first-order chi connectivity index (χ1) is 7.75. The van der Waals surface area contributed by atoms with E-state index in [1.807, 2.05) is 17.9 Å². The van der Waals surface area contributed by atoms with Gasteiger partial charge >= 0.3 is 0 Å². The van der Waals surface area contributed by atoms with E-state index in [1.165, 1.54) is 0 Å². The number of nitrogens with two attached hydrogens (primary N) is 1. The Hall–Kier alpha value is -1.50. The third kappa shape index (κ3) is 2.75. The van der Waals surface area contributed by atoms with Crippen LogP contribution in [0.15, 0.2) is 23.7 Å². The maximum absolute atomic E-state index is 5.52. The highest BCUT2D eigenvalue weighted by atomic mass is 32.2. The van der Waals surface area contributed by atoms with Crippen LogP contribution in [-0.4, -0.2) is 30.3 Å². The van der Waals surface area contributed by atoms with Crippen molar-refractivity contribution in [1.82, 2.24) is 24.5 Å². The second-order valence-electron chi connectivity index (χ2n) is 3.37. The lowest BCUT2D eigenvalue weighted by Crippen LogP contribution is -2.01. The van der Waals surface area contributed by atoms with E-state index in [2.05, 4.69) is 15.2 Å². The van der Waals surface area contributed by atoms with E-state index < -0.39 is 0 Å². The standard InChI is InChI=1S/C9H14N6S/c1-14-9(11-7-12-14)16-6-2-4-15-5-3-8(10)13-15/h3,5,7H,2,4,6H2,1H3,(H2,10,13). The number of nitrogens with zero attached hydrogens (tertiary/aromatic N) is 5. The summed E-state index contributed by atoms with van der Waals surface area (Å²) < 4.78 is 3.63. The lowest BCUT2D eigenvalue weighted by Gasteiger charge is -2.01. The molecule has 7 heteroatoms. The maximum Gasteiger partial charge on any atom is 0.185 e. The molecule has 0 aromatic carbocycles. The lowest BCUT2D eigenvalue weighted by atomic mass is 10.5. The van der Waals surface area contributed by atoms with Gasteiger partial charge < -0.3 is 5.73 Å². The van der Waals surface area contributed by atoms with Crippen molar-refractivity contribution in [2.75, 3.05) is 11.5 Å². The molecule has 0 aliphatic heterocycles. The van der Waals surface area contributed by atoms with Crippen molar-refractivity contribution in [1.29, 1.82) is 0 Å². The average molecular weight is 238 g/mol. The monoisotopic (exact) mass is 238 g/mol. The summed E-state index contributed by atoms with van der Waals surface area (Å²) in [6.45, 7) is 0.877. The molecule has 0 radical (unpaired) electrons. The number of anilines is 1. The number of hydrogen-bond acceptors (Lipinski definition) is 5. The summed E-state index contributed by atoms with van der Waals surface area (Å²) in [6, 6.07) is 1.80. The van der Waals surface area contributed by atoms with Gasteiger partial charge in [-0.2, -0.15) is 10.2 Å². The third-order valence-electron chi connectivity index (χ3n) is 2.09. The normalized spacial score (nSPS) is 10.8. The van der Waals surface area contributed by atoms with Crippen molar-refractivity contribution in [2.45, 2.75) is 18.1 Å². The predicted octanol–water partition coefficient (Wildman–Crippen LogP) is 0.776. The SMILES string of the molecule is Cn1ncnc1SCCCn1ccc(N)n1. The highest BCUT2D eigenvalue weighted by Gasteiger charge is 2.01. The highest BCUT2D eigenvalue weighted by molar-refractivity contribution is 7.99. The molecule has 6 nitrogen and oxygen atoms in total. The summed E-state index contributed by atoms with van der Waals surface area (Å²) in [5.41, 5.74) is 5.52. The molecule has 0 fully saturated rings. The average Bonchev–Trinajstić information content (AvgIpc) is 2.83. The second kappa shape index (κ2) is 5.02. The van der Waals surface area contributed by atoms with Gasteiger partial charge in [0.1, 0.15) is 12.1 Å². The van der Waals surface area contributed by atoms with Gasteiger partial charge in [-0.1, -0.05) is 11.8 Å². The molecular weight excluding hydrogens is 224 g/mol. The molecule has 2 aromatic heterocycles. The Kier molecular flexibility index (Phi) is 3.45. The topological polar surface area (TPSA) is 74.5 Å². The van der Waals surface area contributed by atoms with Crippen LogP contribution in [0.4, 0.5) is 5.82 Å². The molecule has 0 saturated carbocycles. The summed E-state index contributed by atoms with van der Waals surface area (Å²) in [5, 5.41) is 9.07. The molecule has 2 heterocycles. The first-order valence-electron chi connectivity index (χ1n) is 5.01. The fourth-order valence-electron chi connectivity index (χ4n) is 1.31. The maximum atomic E-state index is 5.52. The number of rotatable bonds is 5. The summed E-state index contributed by atoms with van der Waals surface area (Å²) in [6.07, 6.45) is 4.48. The number of hydrogen-bond donors (Lipinski definition) is 1. The van der Waals surface area contributed by atoms with Crippen LogP contribution in [0, 0.1) is 0 Å². The van der Waals surface area contributed by atoms with Crippen LogP contribution in [0.3, 0.4) is 0 Å². The van der Waals surface area contributed by atoms with Crippen molar-refractivity contribution in [3.8, 4) is 0 Å². The van der Waals surface area contributed by atoms with Gasteiger partial charge in [-0.3, -0.25) is 4.68 Å². The van der Waals surface area contributed by atoms with Crippen LogP contribution in [0.5, 0.6) is 0 Å². The molecule has 0 amide bonds. The molecule has 0 saturated heterocycles. The van der Waals surface area contributed by atoms with E-state index in [0.717, 1.165) is 23.9 Å². The molecule has 2 N–H and O–H groups in total. The Morgan fingerprint density at radius 2 is 2.38 bits per heavy atom. The minimum absolute atomic E-state index is 0.570. The summed E-state index contributed by atoms with van der Waals surface area (Å²) in [7, 11) is 1.89. The van der Waals surface area contributed by atoms with Crippen LogP contribution < -0.4 is 5.73 Å². The van der Waals surface area contributed by atoms with Gasteiger partial charge in [0.2, 0.25) is 0 Å².